The van der Waals surface area contributed by atoms with Crippen LogP contribution in [-0.2, 0) is 9.53 Å². The van der Waals surface area contributed by atoms with Crippen LogP contribution < -0.4 is 5.32 Å². The molecule has 0 spiro atoms. The molecule has 2 aliphatic rings. The van der Waals surface area contributed by atoms with Gasteiger partial charge in [-0.3, -0.25) is 4.79 Å². The Morgan fingerprint density at radius 1 is 1.55 bits per heavy atom. The van der Waals surface area contributed by atoms with Crippen molar-refractivity contribution in [2.75, 3.05) is 19.6 Å². The van der Waals surface area contributed by atoms with Crippen LogP contribution in [0.5, 0.6) is 0 Å². The molecule has 0 aromatic carbocycles. The molecule has 1 amide bonds. The van der Waals surface area contributed by atoms with Crippen LogP contribution in [0.15, 0.2) is 16.8 Å². The number of morpholine rings is 1. The lowest BCUT2D eigenvalue weighted by Crippen LogP contribution is -2.47. The SMILES string of the molecule is CC1CN(C(=O)CC2CCCN2)CC(c2ccsc2)O1. The number of carbonyl (C=O) groups is 1. The van der Waals surface area contributed by atoms with E-state index < -0.39 is 0 Å². The lowest BCUT2D eigenvalue weighted by Gasteiger charge is -2.37. The summed E-state index contributed by atoms with van der Waals surface area (Å²) in [6.45, 7) is 4.50. The highest BCUT2D eigenvalue weighted by atomic mass is 32.1. The zero-order chi connectivity index (χ0) is 13.9. The van der Waals surface area contributed by atoms with Gasteiger partial charge in [-0.15, -0.1) is 0 Å². The number of ether oxygens (including phenoxy) is 1. The highest BCUT2D eigenvalue weighted by molar-refractivity contribution is 7.07. The lowest BCUT2D eigenvalue weighted by molar-refractivity contribution is -0.145. The Morgan fingerprint density at radius 3 is 3.15 bits per heavy atom. The molecular weight excluding hydrogens is 272 g/mol. The summed E-state index contributed by atoms with van der Waals surface area (Å²) in [5.74, 6) is 0.264. The maximum atomic E-state index is 12.4. The second-order valence-corrected chi connectivity index (χ2v) is 6.57. The molecule has 0 saturated carbocycles. The van der Waals surface area contributed by atoms with Gasteiger partial charge in [0.15, 0.2) is 0 Å². The number of nitrogens with one attached hydrogen (secondary N) is 1. The summed E-state index contributed by atoms with van der Waals surface area (Å²) in [5, 5.41) is 7.58. The number of rotatable bonds is 3. The Morgan fingerprint density at radius 2 is 2.45 bits per heavy atom. The number of nitrogens with zero attached hydrogens (tertiary/aromatic N) is 1. The van der Waals surface area contributed by atoms with Gasteiger partial charge in [-0.25, -0.2) is 0 Å². The molecule has 3 unspecified atom stereocenters. The van der Waals surface area contributed by atoms with E-state index in [2.05, 4.69) is 22.1 Å². The van der Waals surface area contributed by atoms with Crippen LogP contribution in [0.1, 0.15) is 37.9 Å². The van der Waals surface area contributed by atoms with E-state index in [1.54, 1.807) is 11.3 Å². The van der Waals surface area contributed by atoms with Gasteiger partial charge < -0.3 is 15.0 Å². The molecule has 0 aliphatic carbocycles. The number of hydrogen-bond acceptors (Lipinski definition) is 4. The summed E-state index contributed by atoms with van der Waals surface area (Å²) in [4.78, 5) is 14.4. The molecule has 4 nitrogen and oxygen atoms in total. The van der Waals surface area contributed by atoms with Gasteiger partial charge in [-0.2, -0.15) is 11.3 Å². The van der Waals surface area contributed by atoms with E-state index in [0.717, 1.165) is 13.0 Å². The molecule has 2 saturated heterocycles. The summed E-state index contributed by atoms with van der Waals surface area (Å²) >= 11 is 1.68. The molecule has 3 heterocycles. The second kappa shape index (κ2) is 6.24. The van der Waals surface area contributed by atoms with E-state index in [1.165, 1.54) is 12.0 Å². The molecule has 3 rings (SSSR count). The molecule has 1 aromatic rings. The van der Waals surface area contributed by atoms with Crippen molar-refractivity contribution in [2.24, 2.45) is 0 Å². The fourth-order valence-electron chi connectivity index (χ4n) is 3.07. The van der Waals surface area contributed by atoms with Crippen LogP contribution in [0.25, 0.3) is 0 Å². The Labute approximate surface area is 124 Å². The molecule has 1 N–H and O–H groups in total. The van der Waals surface area contributed by atoms with Crippen LogP contribution in [0, 0.1) is 0 Å². The zero-order valence-corrected chi connectivity index (χ0v) is 12.7. The van der Waals surface area contributed by atoms with E-state index in [1.807, 2.05) is 11.8 Å². The van der Waals surface area contributed by atoms with Gasteiger partial charge in [0.2, 0.25) is 5.91 Å². The van der Waals surface area contributed by atoms with Gasteiger partial charge in [0, 0.05) is 19.0 Å². The minimum atomic E-state index is 0.0329. The summed E-state index contributed by atoms with van der Waals surface area (Å²) in [5.41, 5.74) is 1.19. The molecule has 0 radical (unpaired) electrons. The van der Waals surface area contributed by atoms with Gasteiger partial charge >= 0.3 is 0 Å². The van der Waals surface area contributed by atoms with E-state index in [4.69, 9.17) is 4.74 Å². The average Bonchev–Trinajstić information content (AvgIpc) is 3.11. The Bertz CT molecular complexity index is 443. The highest BCUT2D eigenvalue weighted by Crippen LogP contribution is 2.27. The maximum Gasteiger partial charge on any atom is 0.224 e. The third kappa shape index (κ3) is 3.22. The maximum absolute atomic E-state index is 12.4. The smallest absolute Gasteiger partial charge is 0.224 e. The van der Waals surface area contributed by atoms with E-state index in [-0.39, 0.29) is 18.1 Å². The van der Waals surface area contributed by atoms with Crippen molar-refractivity contribution in [1.82, 2.24) is 10.2 Å². The van der Waals surface area contributed by atoms with Gasteiger partial charge in [0.05, 0.1) is 12.6 Å². The van der Waals surface area contributed by atoms with Crippen molar-refractivity contribution < 1.29 is 9.53 Å². The standard InChI is InChI=1S/C15H22N2O2S/c1-11-8-17(15(18)7-13-3-2-5-16-13)9-14(19-11)12-4-6-20-10-12/h4,6,10-11,13-14,16H,2-3,5,7-9H2,1H3. The minimum Gasteiger partial charge on any atom is -0.367 e. The highest BCUT2D eigenvalue weighted by Gasteiger charge is 2.30. The van der Waals surface area contributed by atoms with Crippen molar-refractivity contribution in [1.29, 1.82) is 0 Å². The molecule has 20 heavy (non-hydrogen) atoms. The number of amides is 1. The summed E-state index contributed by atoms with van der Waals surface area (Å²) < 4.78 is 5.98. The van der Waals surface area contributed by atoms with E-state index in [0.29, 0.717) is 25.6 Å². The first-order chi connectivity index (χ1) is 9.72. The molecule has 0 bridgehead atoms. The molecule has 1 aromatic heterocycles. The summed E-state index contributed by atoms with van der Waals surface area (Å²) in [6, 6.07) is 2.47. The van der Waals surface area contributed by atoms with E-state index in [9.17, 15) is 4.79 Å². The number of hydrogen-bond donors (Lipinski definition) is 1. The van der Waals surface area contributed by atoms with Crippen molar-refractivity contribution in [3.8, 4) is 0 Å². The summed E-state index contributed by atoms with van der Waals surface area (Å²) in [7, 11) is 0. The second-order valence-electron chi connectivity index (χ2n) is 5.79. The Balaban J connectivity index is 1.61. The van der Waals surface area contributed by atoms with Gasteiger partial charge in [0.25, 0.3) is 0 Å². The normalized spacial score (nSPS) is 30.6. The van der Waals surface area contributed by atoms with Crippen molar-refractivity contribution >= 4 is 17.2 Å². The van der Waals surface area contributed by atoms with Crippen LogP contribution in [0.2, 0.25) is 0 Å². The van der Waals surface area contributed by atoms with Crippen LogP contribution in [0.4, 0.5) is 0 Å². The molecule has 110 valence electrons. The Kier molecular flexibility index (Phi) is 4.38. The summed E-state index contributed by atoms with van der Waals surface area (Å²) in [6.07, 6.45) is 3.08. The van der Waals surface area contributed by atoms with Gasteiger partial charge in [-0.05, 0) is 48.7 Å². The first-order valence-corrected chi connectivity index (χ1v) is 8.35. The van der Waals surface area contributed by atoms with Crippen molar-refractivity contribution in [3.05, 3.63) is 22.4 Å². The molecule has 2 fully saturated rings. The quantitative estimate of drug-likeness (QED) is 0.929. The van der Waals surface area contributed by atoms with Crippen LogP contribution in [0.3, 0.4) is 0 Å². The fraction of sp³-hybridized carbons (Fsp3) is 0.667. The average molecular weight is 294 g/mol. The molecule has 5 heteroatoms. The molecular formula is C15H22N2O2S. The number of carbonyl (C=O) groups excluding carboxylic acids is 1. The van der Waals surface area contributed by atoms with Crippen LogP contribution >= 0.6 is 11.3 Å². The molecule has 2 aliphatic heterocycles. The third-order valence-corrected chi connectivity index (χ3v) is 4.81. The zero-order valence-electron chi connectivity index (χ0n) is 11.9. The van der Waals surface area contributed by atoms with E-state index >= 15 is 0 Å². The largest absolute Gasteiger partial charge is 0.367 e. The van der Waals surface area contributed by atoms with Gasteiger partial charge in [0.1, 0.15) is 6.10 Å². The predicted octanol–water partition coefficient (Wildman–Crippen LogP) is 2.18. The van der Waals surface area contributed by atoms with Gasteiger partial charge in [-0.1, -0.05) is 0 Å². The van der Waals surface area contributed by atoms with Crippen molar-refractivity contribution in [2.45, 2.75) is 44.4 Å². The van der Waals surface area contributed by atoms with Crippen molar-refractivity contribution in [3.63, 3.8) is 0 Å². The molecule has 3 atom stereocenters. The minimum absolute atomic E-state index is 0.0329. The first-order valence-electron chi connectivity index (χ1n) is 7.41. The first kappa shape index (κ1) is 14.0. The fourth-order valence-corrected chi connectivity index (χ4v) is 3.77. The lowest BCUT2D eigenvalue weighted by atomic mass is 10.1. The van der Waals surface area contributed by atoms with Crippen LogP contribution in [-0.4, -0.2) is 42.6 Å². The monoisotopic (exact) mass is 294 g/mol. The predicted molar refractivity (Wildman–Crippen MR) is 79.8 cm³/mol. The Hall–Kier alpha value is -0.910. The topological polar surface area (TPSA) is 41.6 Å². The number of thiophene rings is 1. The third-order valence-electron chi connectivity index (χ3n) is 4.11.